The maximum atomic E-state index is 9.81. The van der Waals surface area contributed by atoms with Gasteiger partial charge in [0.05, 0.1) is 5.69 Å². The Morgan fingerprint density at radius 2 is 1.88 bits per heavy atom. The summed E-state index contributed by atoms with van der Waals surface area (Å²) >= 11 is 0. The van der Waals surface area contributed by atoms with Crippen molar-refractivity contribution in [1.29, 1.82) is 0 Å². The molecule has 4 heteroatoms. The van der Waals surface area contributed by atoms with Gasteiger partial charge in [-0.25, -0.2) is 0 Å². The molecule has 0 aliphatic heterocycles. The first-order valence-electron chi connectivity index (χ1n) is 5.57. The van der Waals surface area contributed by atoms with Gasteiger partial charge < -0.3 is 10.4 Å². The van der Waals surface area contributed by atoms with Crippen LogP contribution in [0.5, 0.6) is 0 Å². The highest BCUT2D eigenvalue weighted by molar-refractivity contribution is 5.56. The van der Waals surface area contributed by atoms with Crippen molar-refractivity contribution >= 4 is 11.5 Å². The van der Waals surface area contributed by atoms with Crippen LogP contribution in [-0.4, -0.2) is 15.3 Å². The van der Waals surface area contributed by atoms with E-state index in [2.05, 4.69) is 15.5 Å². The molecule has 17 heavy (non-hydrogen) atoms. The van der Waals surface area contributed by atoms with E-state index in [9.17, 15) is 5.11 Å². The predicted molar refractivity (Wildman–Crippen MR) is 68.3 cm³/mol. The minimum atomic E-state index is -0.903. The van der Waals surface area contributed by atoms with Crippen LogP contribution in [0, 0.1) is 6.92 Å². The Bertz CT molecular complexity index is 494. The number of aromatic amines is 1. The summed E-state index contributed by atoms with van der Waals surface area (Å²) in [5.74, 6) is 0.700. The van der Waals surface area contributed by atoms with Crippen molar-refractivity contribution in [3.8, 4) is 0 Å². The standard InChI is InChI=1S/C13H17N3O/c1-9-4-6-10(7-5-9)14-12-8-11(15-16-12)13(2,3)17/h4-8,17H,1-3H3,(H2,14,15,16). The molecule has 0 atom stereocenters. The number of aliphatic hydroxyl groups is 1. The zero-order valence-corrected chi connectivity index (χ0v) is 10.3. The summed E-state index contributed by atoms with van der Waals surface area (Å²) in [4.78, 5) is 0. The van der Waals surface area contributed by atoms with E-state index in [4.69, 9.17) is 0 Å². The van der Waals surface area contributed by atoms with Gasteiger partial charge in [-0.3, -0.25) is 5.10 Å². The van der Waals surface area contributed by atoms with Crippen molar-refractivity contribution in [3.05, 3.63) is 41.6 Å². The van der Waals surface area contributed by atoms with Crippen molar-refractivity contribution in [2.45, 2.75) is 26.4 Å². The highest BCUT2D eigenvalue weighted by atomic mass is 16.3. The predicted octanol–water partition coefficient (Wildman–Crippen LogP) is 2.69. The number of hydrogen-bond acceptors (Lipinski definition) is 3. The van der Waals surface area contributed by atoms with Crippen LogP contribution in [0.1, 0.15) is 25.1 Å². The average molecular weight is 231 g/mol. The molecule has 1 aromatic heterocycles. The first-order valence-corrected chi connectivity index (χ1v) is 5.57. The number of aromatic nitrogens is 2. The Kier molecular flexibility index (Phi) is 2.90. The fraction of sp³-hybridized carbons (Fsp3) is 0.308. The van der Waals surface area contributed by atoms with Crippen LogP contribution in [0.3, 0.4) is 0 Å². The third-order valence-electron chi connectivity index (χ3n) is 2.56. The molecule has 0 unspecified atom stereocenters. The Morgan fingerprint density at radius 3 is 2.41 bits per heavy atom. The van der Waals surface area contributed by atoms with E-state index in [-0.39, 0.29) is 0 Å². The second kappa shape index (κ2) is 4.22. The summed E-state index contributed by atoms with van der Waals surface area (Å²) in [5.41, 5.74) is 1.98. The first kappa shape index (κ1) is 11.7. The molecule has 90 valence electrons. The second-order valence-electron chi connectivity index (χ2n) is 4.72. The van der Waals surface area contributed by atoms with Crippen molar-refractivity contribution in [1.82, 2.24) is 10.2 Å². The molecule has 2 aromatic rings. The van der Waals surface area contributed by atoms with Crippen molar-refractivity contribution < 1.29 is 5.11 Å². The molecule has 0 aliphatic rings. The summed E-state index contributed by atoms with van der Waals surface area (Å²) in [6.07, 6.45) is 0. The van der Waals surface area contributed by atoms with Crippen LogP contribution in [0.25, 0.3) is 0 Å². The number of H-pyrrole nitrogens is 1. The van der Waals surface area contributed by atoms with Crippen LogP contribution in [-0.2, 0) is 5.60 Å². The van der Waals surface area contributed by atoms with Gasteiger partial charge in [0.2, 0.25) is 0 Å². The molecule has 0 aliphatic carbocycles. The van der Waals surface area contributed by atoms with Gasteiger partial charge in [-0.2, -0.15) is 5.10 Å². The molecule has 0 spiro atoms. The quantitative estimate of drug-likeness (QED) is 0.761. The van der Waals surface area contributed by atoms with Crippen LogP contribution in [0.2, 0.25) is 0 Å². The molecule has 2 rings (SSSR count). The van der Waals surface area contributed by atoms with E-state index in [1.54, 1.807) is 19.9 Å². The summed E-state index contributed by atoms with van der Waals surface area (Å²) < 4.78 is 0. The first-order chi connectivity index (χ1) is 7.95. The average Bonchev–Trinajstić information content (AvgIpc) is 2.69. The molecule has 0 radical (unpaired) electrons. The number of benzene rings is 1. The van der Waals surface area contributed by atoms with E-state index in [1.165, 1.54) is 5.56 Å². The second-order valence-corrected chi connectivity index (χ2v) is 4.72. The lowest BCUT2D eigenvalue weighted by atomic mass is 10.1. The van der Waals surface area contributed by atoms with Crippen molar-refractivity contribution in [2.24, 2.45) is 0 Å². The van der Waals surface area contributed by atoms with Gasteiger partial charge >= 0.3 is 0 Å². The number of rotatable bonds is 3. The summed E-state index contributed by atoms with van der Waals surface area (Å²) in [7, 11) is 0. The summed E-state index contributed by atoms with van der Waals surface area (Å²) in [5, 5.41) is 19.9. The number of aryl methyl sites for hydroxylation is 1. The molecule has 1 heterocycles. The number of hydrogen-bond donors (Lipinski definition) is 3. The summed E-state index contributed by atoms with van der Waals surface area (Å²) in [6, 6.07) is 9.86. The lowest BCUT2D eigenvalue weighted by Gasteiger charge is -2.13. The Morgan fingerprint density at radius 1 is 1.24 bits per heavy atom. The van der Waals surface area contributed by atoms with Crippen molar-refractivity contribution in [2.75, 3.05) is 5.32 Å². The van der Waals surface area contributed by atoms with Gasteiger partial charge in [0.25, 0.3) is 0 Å². The minimum Gasteiger partial charge on any atom is -0.384 e. The third-order valence-corrected chi connectivity index (χ3v) is 2.56. The van der Waals surface area contributed by atoms with E-state index in [0.717, 1.165) is 5.69 Å². The van der Waals surface area contributed by atoms with Gasteiger partial charge in [0, 0.05) is 11.8 Å². The fourth-order valence-corrected chi connectivity index (χ4v) is 1.48. The van der Waals surface area contributed by atoms with Crippen LogP contribution < -0.4 is 5.32 Å². The summed E-state index contributed by atoms with van der Waals surface area (Å²) in [6.45, 7) is 5.48. The zero-order chi connectivity index (χ0) is 12.5. The molecule has 1 aromatic carbocycles. The van der Waals surface area contributed by atoms with E-state index in [1.807, 2.05) is 31.2 Å². The molecule has 0 saturated heterocycles. The molecular weight excluding hydrogens is 214 g/mol. The third kappa shape index (κ3) is 2.85. The molecule has 0 fully saturated rings. The van der Waals surface area contributed by atoms with Crippen molar-refractivity contribution in [3.63, 3.8) is 0 Å². The number of nitrogens with one attached hydrogen (secondary N) is 2. The fourth-order valence-electron chi connectivity index (χ4n) is 1.48. The molecular formula is C13H17N3O. The number of anilines is 2. The van der Waals surface area contributed by atoms with Gasteiger partial charge in [-0.1, -0.05) is 17.7 Å². The van der Waals surface area contributed by atoms with Gasteiger partial charge in [-0.15, -0.1) is 0 Å². The lowest BCUT2D eigenvalue weighted by molar-refractivity contribution is 0.0738. The van der Waals surface area contributed by atoms with E-state index >= 15 is 0 Å². The zero-order valence-electron chi connectivity index (χ0n) is 10.3. The highest BCUT2D eigenvalue weighted by Crippen LogP contribution is 2.21. The Balaban J connectivity index is 2.14. The highest BCUT2D eigenvalue weighted by Gasteiger charge is 2.18. The minimum absolute atomic E-state index is 0.687. The van der Waals surface area contributed by atoms with Gasteiger partial charge in [0.1, 0.15) is 5.60 Å². The molecule has 3 N–H and O–H groups in total. The normalized spacial score (nSPS) is 11.5. The Labute approximate surface area is 101 Å². The molecule has 0 amide bonds. The maximum Gasteiger partial charge on any atom is 0.152 e. The monoisotopic (exact) mass is 231 g/mol. The Hall–Kier alpha value is -1.81. The lowest BCUT2D eigenvalue weighted by Crippen LogP contribution is -2.15. The maximum absolute atomic E-state index is 9.81. The van der Waals surface area contributed by atoms with Gasteiger partial charge in [-0.05, 0) is 32.9 Å². The van der Waals surface area contributed by atoms with Crippen LogP contribution in [0.4, 0.5) is 11.5 Å². The number of nitrogens with zero attached hydrogens (tertiary/aromatic N) is 1. The largest absolute Gasteiger partial charge is 0.384 e. The topological polar surface area (TPSA) is 60.9 Å². The molecule has 4 nitrogen and oxygen atoms in total. The SMILES string of the molecule is Cc1ccc(Nc2cc(C(C)(C)O)[nH]n2)cc1. The van der Waals surface area contributed by atoms with E-state index in [0.29, 0.717) is 11.5 Å². The van der Waals surface area contributed by atoms with Gasteiger partial charge in [0.15, 0.2) is 5.82 Å². The van der Waals surface area contributed by atoms with E-state index < -0.39 is 5.60 Å². The molecule has 0 saturated carbocycles. The van der Waals surface area contributed by atoms with Crippen LogP contribution >= 0.6 is 0 Å². The smallest absolute Gasteiger partial charge is 0.152 e. The van der Waals surface area contributed by atoms with Crippen LogP contribution in [0.15, 0.2) is 30.3 Å². The molecule has 0 bridgehead atoms.